The number of nitrogens with one attached hydrogen (secondary N) is 1. The number of carbonyl (C=O) groups is 1. The topological polar surface area (TPSA) is 29.1 Å². The van der Waals surface area contributed by atoms with Gasteiger partial charge in [-0.15, -0.1) is 0 Å². The van der Waals surface area contributed by atoms with Gasteiger partial charge < -0.3 is 5.32 Å². The first-order valence-electron chi connectivity index (χ1n) is 6.53. The van der Waals surface area contributed by atoms with E-state index in [-0.39, 0.29) is 17.7 Å². The van der Waals surface area contributed by atoms with Crippen molar-refractivity contribution in [3.8, 4) is 0 Å². The fraction of sp³-hybridized carbons (Fsp3) is 0.118. The van der Waals surface area contributed by atoms with Crippen molar-refractivity contribution < 1.29 is 4.79 Å². The van der Waals surface area contributed by atoms with Crippen LogP contribution in [0.15, 0.2) is 66.7 Å². The number of ketones is 1. The molecule has 20 heavy (non-hydrogen) atoms. The van der Waals surface area contributed by atoms with E-state index in [2.05, 4.69) is 40.0 Å². The summed E-state index contributed by atoms with van der Waals surface area (Å²) in [5.41, 5.74) is 2.10. The third-order valence-electron chi connectivity index (χ3n) is 3.45. The summed E-state index contributed by atoms with van der Waals surface area (Å²) in [7, 11) is 0. The number of rotatable bonds is 3. The van der Waals surface area contributed by atoms with Gasteiger partial charge in [0.15, 0.2) is 5.78 Å². The Bertz CT molecular complexity index is 651. The van der Waals surface area contributed by atoms with Crippen molar-refractivity contribution in [3.05, 3.63) is 75.9 Å². The van der Waals surface area contributed by atoms with Crippen molar-refractivity contribution in [2.24, 2.45) is 0 Å². The van der Waals surface area contributed by atoms with Crippen LogP contribution >= 0.6 is 22.6 Å². The summed E-state index contributed by atoms with van der Waals surface area (Å²) >= 11 is 2.29. The Balaban J connectivity index is 1.85. The Morgan fingerprint density at radius 3 is 2.55 bits per heavy atom. The maximum Gasteiger partial charge on any atom is 0.165 e. The fourth-order valence-electron chi connectivity index (χ4n) is 2.52. The molecule has 0 bridgehead atoms. The van der Waals surface area contributed by atoms with E-state index in [9.17, 15) is 4.79 Å². The highest BCUT2D eigenvalue weighted by Crippen LogP contribution is 2.29. The van der Waals surface area contributed by atoms with Gasteiger partial charge in [-0.2, -0.15) is 0 Å². The second-order valence-electron chi connectivity index (χ2n) is 4.83. The normalized spacial score (nSPS) is 21.1. The van der Waals surface area contributed by atoms with Gasteiger partial charge in [-0.1, -0.05) is 42.5 Å². The molecule has 3 heteroatoms. The van der Waals surface area contributed by atoms with Gasteiger partial charge in [-0.25, -0.2) is 0 Å². The number of carbonyl (C=O) groups excluding carboxylic acids is 1. The lowest BCUT2D eigenvalue weighted by atomic mass is 9.92. The molecule has 0 saturated carbocycles. The van der Waals surface area contributed by atoms with E-state index >= 15 is 0 Å². The van der Waals surface area contributed by atoms with Gasteiger partial charge in [0.1, 0.15) is 0 Å². The molecule has 0 aliphatic heterocycles. The highest BCUT2D eigenvalue weighted by molar-refractivity contribution is 14.1. The van der Waals surface area contributed by atoms with E-state index < -0.39 is 0 Å². The minimum atomic E-state index is -0.130. The molecule has 100 valence electrons. The molecule has 1 aliphatic rings. The molecule has 2 aromatic rings. The summed E-state index contributed by atoms with van der Waals surface area (Å²) in [6, 6.07) is 18.1. The minimum Gasteiger partial charge on any atom is -0.378 e. The zero-order valence-corrected chi connectivity index (χ0v) is 12.9. The van der Waals surface area contributed by atoms with Gasteiger partial charge in [0.05, 0.1) is 12.0 Å². The van der Waals surface area contributed by atoms with Crippen LogP contribution in [0.2, 0.25) is 0 Å². The first kappa shape index (κ1) is 13.4. The summed E-state index contributed by atoms with van der Waals surface area (Å²) in [6.45, 7) is 0. The third-order valence-corrected chi connectivity index (χ3v) is 4.12. The second kappa shape index (κ2) is 5.79. The molecule has 0 amide bonds. The number of allylic oxidation sites excluding steroid dienone is 1. The van der Waals surface area contributed by atoms with Crippen molar-refractivity contribution in [3.63, 3.8) is 0 Å². The predicted molar refractivity (Wildman–Crippen MR) is 89.9 cm³/mol. The van der Waals surface area contributed by atoms with E-state index in [1.807, 2.05) is 48.5 Å². The molecule has 0 radical (unpaired) electrons. The molecular formula is C17H14INO. The standard InChI is InChI=1S/C17H14INO/c18-13-7-4-8-14(11-13)19-15-9-10-16(20)17(15)12-5-2-1-3-6-12/h1-11,15,17,19H/t15-,17+/m0/s1. The smallest absolute Gasteiger partial charge is 0.165 e. The van der Waals surface area contributed by atoms with Crippen molar-refractivity contribution in [1.29, 1.82) is 0 Å². The highest BCUT2D eigenvalue weighted by Gasteiger charge is 2.31. The molecule has 0 heterocycles. The Labute approximate surface area is 132 Å². The van der Waals surface area contributed by atoms with Crippen molar-refractivity contribution in [2.75, 3.05) is 5.32 Å². The molecule has 0 spiro atoms. The molecule has 2 nitrogen and oxygen atoms in total. The SMILES string of the molecule is O=C1C=C[C@H](Nc2cccc(I)c2)[C@H]1c1ccccc1. The molecule has 1 N–H and O–H groups in total. The van der Waals surface area contributed by atoms with Gasteiger partial charge in [-0.3, -0.25) is 4.79 Å². The van der Waals surface area contributed by atoms with Gasteiger partial charge in [-0.05, 0) is 52.4 Å². The Hall–Kier alpha value is -1.62. The lowest BCUT2D eigenvalue weighted by Crippen LogP contribution is -2.26. The highest BCUT2D eigenvalue weighted by atomic mass is 127. The van der Waals surface area contributed by atoms with E-state index in [0.717, 1.165) is 11.3 Å². The summed E-state index contributed by atoms with van der Waals surface area (Å²) in [5.74, 6) is 0.0356. The Kier molecular flexibility index (Phi) is 3.87. The number of hydrogen-bond donors (Lipinski definition) is 1. The van der Waals surface area contributed by atoms with Crippen LogP contribution in [0.1, 0.15) is 11.5 Å². The minimum absolute atomic E-state index is 0.0168. The monoisotopic (exact) mass is 375 g/mol. The fourth-order valence-corrected chi connectivity index (χ4v) is 3.07. The van der Waals surface area contributed by atoms with Crippen LogP contribution in [0.25, 0.3) is 0 Å². The molecule has 0 saturated heterocycles. The van der Waals surface area contributed by atoms with Crippen molar-refractivity contribution in [1.82, 2.24) is 0 Å². The molecule has 0 aromatic heterocycles. The van der Waals surface area contributed by atoms with Crippen molar-refractivity contribution in [2.45, 2.75) is 12.0 Å². The number of benzene rings is 2. The van der Waals surface area contributed by atoms with Crippen LogP contribution in [0, 0.1) is 3.57 Å². The molecule has 1 aliphatic carbocycles. The zero-order chi connectivity index (χ0) is 13.9. The molecule has 0 unspecified atom stereocenters. The lowest BCUT2D eigenvalue weighted by Gasteiger charge is -2.21. The number of halogens is 1. The molecule has 2 aromatic carbocycles. The van der Waals surface area contributed by atoms with Gasteiger partial charge in [0, 0.05) is 9.26 Å². The predicted octanol–water partition coefficient (Wildman–Crippen LogP) is 3.99. The van der Waals surface area contributed by atoms with Gasteiger partial charge >= 0.3 is 0 Å². The lowest BCUT2D eigenvalue weighted by molar-refractivity contribution is -0.115. The maximum absolute atomic E-state index is 12.1. The van der Waals surface area contributed by atoms with Crippen LogP contribution < -0.4 is 5.32 Å². The average Bonchev–Trinajstić information content (AvgIpc) is 2.81. The Morgan fingerprint density at radius 1 is 1.00 bits per heavy atom. The molecular weight excluding hydrogens is 361 g/mol. The summed E-state index contributed by atoms with van der Waals surface area (Å²) in [5, 5.41) is 3.45. The van der Waals surface area contributed by atoms with E-state index in [1.165, 1.54) is 3.57 Å². The van der Waals surface area contributed by atoms with Gasteiger partial charge in [0.2, 0.25) is 0 Å². The second-order valence-corrected chi connectivity index (χ2v) is 6.08. The molecule has 0 fully saturated rings. The average molecular weight is 375 g/mol. The molecule has 2 atom stereocenters. The first-order chi connectivity index (χ1) is 9.74. The van der Waals surface area contributed by atoms with Crippen LogP contribution in [0.5, 0.6) is 0 Å². The first-order valence-corrected chi connectivity index (χ1v) is 7.61. The third kappa shape index (κ3) is 2.77. The van der Waals surface area contributed by atoms with Crippen LogP contribution in [-0.4, -0.2) is 11.8 Å². The zero-order valence-electron chi connectivity index (χ0n) is 10.8. The molecule has 3 rings (SSSR count). The maximum atomic E-state index is 12.1. The number of anilines is 1. The summed E-state index contributed by atoms with van der Waals surface area (Å²) < 4.78 is 1.18. The Morgan fingerprint density at radius 2 is 1.80 bits per heavy atom. The summed E-state index contributed by atoms with van der Waals surface area (Å²) in [4.78, 5) is 12.1. The van der Waals surface area contributed by atoms with Crippen LogP contribution in [0.3, 0.4) is 0 Å². The van der Waals surface area contributed by atoms with E-state index in [4.69, 9.17) is 0 Å². The number of hydrogen-bond acceptors (Lipinski definition) is 2. The van der Waals surface area contributed by atoms with Crippen LogP contribution in [0.4, 0.5) is 5.69 Å². The van der Waals surface area contributed by atoms with Crippen LogP contribution in [-0.2, 0) is 4.79 Å². The summed E-state index contributed by atoms with van der Waals surface area (Å²) in [6.07, 6.45) is 3.64. The quantitative estimate of drug-likeness (QED) is 0.822. The van der Waals surface area contributed by atoms with Crippen molar-refractivity contribution >= 4 is 34.1 Å². The van der Waals surface area contributed by atoms with E-state index in [1.54, 1.807) is 6.08 Å². The van der Waals surface area contributed by atoms with E-state index in [0.29, 0.717) is 0 Å². The van der Waals surface area contributed by atoms with Gasteiger partial charge in [0.25, 0.3) is 0 Å². The largest absolute Gasteiger partial charge is 0.378 e.